The van der Waals surface area contributed by atoms with Gasteiger partial charge in [0.25, 0.3) is 5.91 Å². The van der Waals surface area contributed by atoms with E-state index in [4.69, 9.17) is 9.47 Å². The van der Waals surface area contributed by atoms with Gasteiger partial charge in [0.1, 0.15) is 11.6 Å². The predicted octanol–water partition coefficient (Wildman–Crippen LogP) is 4.04. The van der Waals surface area contributed by atoms with Gasteiger partial charge in [-0.05, 0) is 43.7 Å². The van der Waals surface area contributed by atoms with Crippen molar-refractivity contribution in [3.8, 4) is 5.75 Å². The van der Waals surface area contributed by atoms with Gasteiger partial charge in [-0.3, -0.25) is 14.6 Å². The van der Waals surface area contributed by atoms with Crippen molar-refractivity contribution in [2.75, 3.05) is 25.6 Å². The lowest BCUT2D eigenvalue weighted by molar-refractivity contribution is -0.125. The van der Waals surface area contributed by atoms with Crippen LogP contribution in [-0.2, 0) is 9.53 Å². The molecule has 2 N–H and O–H groups in total. The van der Waals surface area contributed by atoms with Crippen molar-refractivity contribution in [1.29, 1.82) is 0 Å². The third-order valence-corrected chi connectivity index (χ3v) is 5.01. The molecular weight excluding hydrogens is 439 g/mol. The number of ether oxygens (including phenoxy) is 2. The number of hydrogen-bond donors (Lipinski definition) is 2. The fourth-order valence-electron chi connectivity index (χ4n) is 3.31. The summed E-state index contributed by atoms with van der Waals surface area (Å²) in [7, 11) is 1.72. The molecule has 0 unspecified atom stereocenters. The number of rotatable bonds is 8. The van der Waals surface area contributed by atoms with Crippen LogP contribution in [0.5, 0.6) is 5.75 Å². The standard InChI is InChI=1S/C25H29FN4O4/c1-16-8-9-22(12-23(16)28-25(32)20-6-5-7-21(26)11-20)34-18(3)29-30(4)13-17(2)27-24(31)10-19-14-33-15-19/h5-9,11-13,19H,10,14-15H2,1-4H3,(H,27,31)(H,28,32)/b17-13+,29-18+. The monoisotopic (exact) mass is 468 g/mol. The topological polar surface area (TPSA) is 92.3 Å². The number of benzene rings is 2. The van der Waals surface area contributed by atoms with Crippen LogP contribution in [0.3, 0.4) is 0 Å². The fourth-order valence-corrected chi connectivity index (χ4v) is 3.31. The van der Waals surface area contributed by atoms with E-state index in [1.165, 1.54) is 23.2 Å². The summed E-state index contributed by atoms with van der Waals surface area (Å²) in [5.41, 5.74) is 2.25. The number of hydrazone groups is 1. The maximum absolute atomic E-state index is 13.4. The number of carbonyl (C=O) groups is 2. The van der Waals surface area contributed by atoms with Crippen LogP contribution < -0.4 is 15.4 Å². The van der Waals surface area contributed by atoms with Crippen LogP contribution in [0.2, 0.25) is 0 Å². The lowest BCUT2D eigenvalue weighted by Crippen LogP contribution is -2.34. The number of carbonyl (C=O) groups excluding carboxylic acids is 2. The van der Waals surface area contributed by atoms with Gasteiger partial charge in [-0.15, -0.1) is 5.10 Å². The van der Waals surface area contributed by atoms with Gasteiger partial charge in [-0.25, -0.2) is 4.39 Å². The maximum Gasteiger partial charge on any atom is 0.255 e. The summed E-state index contributed by atoms with van der Waals surface area (Å²) in [5.74, 6) is 0.172. The van der Waals surface area contributed by atoms with Crippen LogP contribution in [0.4, 0.5) is 10.1 Å². The zero-order chi connectivity index (χ0) is 24.7. The minimum Gasteiger partial charge on any atom is -0.442 e. The highest BCUT2D eigenvalue weighted by Gasteiger charge is 2.21. The van der Waals surface area contributed by atoms with Gasteiger partial charge >= 0.3 is 0 Å². The summed E-state index contributed by atoms with van der Waals surface area (Å²) in [6.07, 6.45) is 2.12. The molecular formula is C25H29FN4O4. The average molecular weight is 469 g/mol. The lowest BCUT2D eigenvalue weighted by atomic mass is 10.0. The molecule has 0 atom stereocenters. The molecule has 0 bridgehead atoms. The quantitative estimate of drug-likeness (QED) is 0.347. The van der Waals surface area contributed by atoms with Crippen LogP contribution in [0.1, 0.15) is 36.2 Å². The Hall–Kier alpha value is -3.72. The fraction of sp³-hybridized carbons (Fsp3) is 0.320. The molecule has 1 heterocycles. The third kappa shape index (κ3) is 7.41. The summed E-state index contributed by atoms with van der Waals surface area (Å²) in [5, 5.41) is 11.5. The Labute approximate surface area is 198 Å². The molecule has 2 amide bonds. The Morgan fingerprint density at radius 2 is 2.00 bits per heavy atom. The first kappa shape index (κ1) is 24.9. The van der Waals surface area contributed by atoms with E-state index < -0.39 is 11.7 Å². The summed E-state index contributed by atoms with van der Waals surface area (Å²) >= 11 is 0. The van der Waals surface area contributed by atoms with E-state index in [1.807, 2.05) is 6.92 Å². The van der Waals surface area contributed by atoms with E-state index in [0.29, 0.717) is 42.7 Å². The first-order valence-electron chi connectivity index (χ1n) is 10.9. The molecule has 0 aromatic heterocycles. The average Bonchev–Trinajstić information content (AvgIpc) is 2.72. The maximum atomic E-state index is 13.4. The second kappa shape index (κ2) is 11.4. The number of aryl methyl sites for hydroxylation is 1. The summed E-state index contributed by atoms with van der Waals surface area (Å²) < 4.78 is 24.3. The van der Waals surface area contributed by atoms with Gasteiger partial charge in [0.2, 0.25) is 11.8 Å². The van der Waals surface area contributed by atoms with E-state index in [0.717, 1.165) is 5.56 Å². The van der Waals surface area contributed by atoms with Crippen molar-refractivity contribution in [3.63, 3.8) is 0 Å². The van der Waals surface area contributed by atoms with Crippen molar-refractivity contribution in [2.45, 2.75) is 27.2 Å². The van der Waals surface area contributed by atoms with Crippen LogP contribution in [-0.4, -0.2) is 43.0 Å². The Balaban J connectivity index is 1.59. The van der Waals surface area contributed by atoms with Gasteiger partial charge in [0.15, 0.2) is 0 Å². The van der Waals surface area contributed by atoms with Gasteiger partial charge < -0.3 is 20.1 Å². The molecule has 0 spiro atoms. The van der Waals surface area contributed by atoms with Gasteiger partial charge in [0, 0.05) is 55.5 Å². The minimum atomic E-state index is -0.478. The zero-order valence-corrected chi connectivity index (χ0v) is 19.7. The van der Waals surface area contributed by atoms with Gasteiger partial charge in [0.05, 0.1) is 13.2 Å². The van der Waals surface area contributed by atoms with Crippen LogP contribution in [0.15, 0.2) is 59.5 Å². The molecule has 34 heavy (non-hydrogen) atoms. The van der Waals surface area contributed by atoms with Gasteiger partial charge in [-0.2, -0.15) is 0 Å². The predicted molar refractivity (Wildman–Crippen MR) is 128 cm³/mol. The minimum absolute atomic E-state index is 0.0557. The molecule has 1 aliphatic rings. The van der Waals surface area contributed by atoms with E-state index in [2.05, 4.69) is 15.7 Å². The first-order chi connectivity index (χ1) is 16.2. The highest BCUT2D eigenvalue weighted by Crippen LogP contribution is 2.23. The molecule has 8 nitrogen and oxygen atoms in total. The second-order valence-corrected chi connectivity index (χ2v) is 8.20. The molecule has 0 saturated carbocycles. The van der Waals surface area contributed by atoms with E-state index in [9.17, 15) is 14.0 Å². The highest BCUT2D eigenvalue weighted by atomic mass is 19.1. The Morgan fingerprint density at radius 1 is 1.24 bits per heavy atom. The molecule has 1 aliphatic heterocycles. The first-order valence-corrected chi connectivity index (χ1v) is 10.9. The van der Waals surface area contributed by atoms with Crippen molar-refractivity contribution in [2.24, 2.45) is 11.0 Å². The zero-order valence-electron chi connectivity index (χ0n) is 19.7. The van der Waals surface area contributed by atoms with E-state index >= 15 is 0 Å². The number of hydrogen-bond acceptors (Lipinski definition) is 6. The number of anilines is 1. The van der Waals surface area contributed by atoms with Crippen molar-refractivity contribution in [3.05, 3.63) is 71.3 Å². The Morgan fingerprint density at radius 3 is 2.68 bits per heavy atom. The summed E-state index contributed by atoms with van der Waals surface area (Å²) in [6, 6.07) is 10.7. The smallest absolute Gasteiger partial charge is 0.255 e. The normalized spacial score (nSPS) is 14.3. The van der Waals surface area contributed by atoms with Crippen molar-refractivity contribution in [1.82, 2.24) is 10.3 Å². The highest BCUT2D eigenvalue weighted by molar-refractivity contribution is 6.04. The van der Waals surface area contributed by atoms with Crippen LogP contribution >= 0.6 is 0 Å². The number of halogens is 1. The molecule has 1 saturated heterocycles. The molecule has 2 aromatic rings. The Kier molecular flexibility index (Phi) is 8.37. The number of amides is 2. The van der Waals surface area contributed by atoms with Crippen LogP contribution in [0, 0.1) is 18.7 Å². The van der Waals surface area contributed by atoms with E-state index in [1.54, 1.807) is 51.4 Å². The molecule has 9 heteroatoms. The Bertz CT molecular complexity index is 1110. The molecule has 2 aromatic carbocycles. The molecule has 180 valence electrons. The summed E-state index contributed by atoms with van der Waals surface area (Å²) in [6.45, 7) is 6.59. The molecule has 0 radical (unpaired) electrons. The second-order valence-electron chi connectivity index (χ2n) is 8.20. The van der Waals surface area contributed by atoms with E-state index in [-0.39, 0.29) is 17.4 Å². The van der Waals surface area contributed by atoms with Crippen molar-refractivity contribution >= 4 is 23.4 Å². The van der Waals surface area contributed by atoms with Gasteiger partial charge in [-0.1, -0.05) is 12.1 Å². The lowest BCUT2D eigenvalue weighted by Gasteiger charge is -2.25. The number of nitrogens with zero attached hydrogens (tertiary/aromatic N) is 2. The van der Waals surface area contributed by atoms with Crippen LogP contribution in [0.25, 0.3) is 0 Å². The SMILES string of the molecule is C/C(=C\N(C)/N=C(\C)Oc1ccc(C)c(NC(=O)c2cccc(F)c2)c1)NC(=O)CC1COC1. The molecule has 1 fully saturated rings. The molecule has 3 rings (SSSR count). The molecule has 0 aliphatic carbocycles. The number of allylic oxidation sites excluding steroid dienone is 1. The third-order valence-electron chi connectivity index (χ3n) is 5.01. The summed E-state index contributed by atoms with van der Waals surface area (Å²) in [4.78, 5) is 24.5. The van der Waals surface area contributed by atoms with Crippen molar-refractivity contribution < 1.29 is 23.5 Å². The largest absolute Gasteiger partial charge is 0.442 e. The number of nitrogens with one attached hydrogen (secondary N) is 2.